The van der Waals surface area contributed by atoms with Crippen LogP contribution in [0.3, 0.4) is 0 Å². The smallest absolute Gasteiger partial charge is 0.327 e. The molecular formula is C13H13F3N2. The number of hydrogen-bond acceptors (Lipinski definition) is 1. The van der Waals surface area contributed by atoms with Crippen LogP contribution in [0.5, 0.6) is 0 Å². The molecule has 1 fully saturated rings. The van der Waals surface area contributed by atoms with Crippen molar-refractivity contribution in [1.82, 2.24) is 9.55 Å². The Morgan fingerprint density at radius 3 is 2.56 bits per heavy atom. The molecule has 1 aromatic heterocycles. The number of hydrogen-bond donors (Lipinski definition) is 0. The van der Waals surface area contributed by atoms with Crippen molar-refractivity contribution in [1.29, 1.82) is 0 Å². The normalized spacial score (nSPS) is 17.1. The molecule has 0 unspecified atom stereocenters. The van der Waals surface area contributed by atoms with Crippen LogP contribution in [0.25, 0.3) is 11.0 Å². The van der Waals surface area contributed by atoms with Gasteiger partial charge in [0.25, 0.3) is 0 Å². The molecule has 18 heavy (non-hydrogen) atoms. The van der Waals surface area contributed by atoms with E-state index in [0.717, 1.165) is 19.3 Å². The molecule has 2 aromatic rings. The maximum Gasteiger partial charge on any atom is 0.418 e. The Bertz CT molecular complexity index is 594. The molecule has 0 N–H and O–H groups in total. The maximum atomic E-state index is 13.1. The minimum absolute atomic E-state index is 0.179. The van der Waals surface area contributed by atoms with Gasteiger partial charge in [-0.25, -0.2) is 4.98 Å². The van der Waals surface area contributed by atoms with E-state index in [1.807, 2.05) is 0 Å². The molecule has 0 atom stereocenters. The minimum Gasteiger partial charge on any atom is -0.327 e. The van der Waals surface area contributed by atoms with Gasteiger partial charge >= 0.3 is 6.18 Å². The Morgan fingerprint density at radius 1 is 1.28 bits per heavy atom. The summed E-state index contributed by atoms with van der Waals surface area (Å²) in [7, 11) is 0. The Morgan fingerprint density at radius 2 is 2.00 bits per heavy atom. The van der Waals surface area contributed by atoms with Crippen molar-refractivity contribution < 1.29 is 13.2 Å². The first kappa shape index (κ1) is 11.6. The van der Waals surface area contributed by atoms with Gasteiger partial charge in [0.2, 0.25) is 0 Å². The summed E-state index contributed by atoms with van der Waals surface area (Å²) in [5.74, 6) is 0. The number of alkyl halides is 3. The van der Waals surface area contributed by atoms with E-state index < -0.39 is 11.7 Å². The molecule has 0 bridgehead atoms. The Labute approximate surface area is 102 Å². The highest BCUT2D eigenvalue weighted by molar-refractivity contribution is 5.80. The molecule has 1 aliphatic carbocycles. The van der Waals surface area contributed by atoms with E-state index in [1.165, 1.54) is 6.07 Å². The third-order valence-electron chi connectivity index (χ3n) is 3.59. The van der Waals surface area contributed by atoms with Crippen molar-refractivity contribution in [2.75, 3.05) is 0 Å². The quantitative estimate of drug-likeness (QED) is 0.749. The highest BCUT2D eigenvalue weighted by atomic mass is 19.4. The third-order valence-corrected chi connectivity index (χ3v) is 3.59. The zero-order valence-corrected chi connectivity index (χ0v) is 9.96. The molecule has 96 valence electrons. The maximum absolute atomic E-state index is 13.1. The van der Waals surface area contributed by atoms with Crippen molar-refractivity contribution >= 4 is 11.0 Å². The van der Waals surface area contributed by atoms with Crippen molar-refractivity contribution in [3.63, 3.8) is 0 Å². The van der Waals surface area contributed by atoms with Gasteiger partial charge in [0.05, 0.1) is 22.9 Å². The first-order chi connectivity index (χ1) is 8.47. The monoisotopic (exact) mass is 254 g/mol. The van der Waals surface area contributed by atoms with Gasteiger partial charge < -0.3 is 4.57 Å². The van der Waals surface area contributed by atoms with Gasteiger partial charge in [0.1, 0.15) is 0 Å². The summed E-state index contributed by atoms with van der Waals surface area (Å²) < 4.78 is 41.0. The zero-order valence-electron chi connectivity index (χ0n) is 9.96. The Hall–Kier alpha value is -1.52. The van der Waals surface area contributed by atoms with Crippen molar-refractivity contribution in [2.24, 2.45) is 0 Å². The summed E-state index contributed by atoms with van der Waals surface area (Å²) in [5.41, 5.74) is 0.697. The van der Waals surface area contributed by atoms with Crippen LogP contribution in [0.4, 0.5) is 13.2 Å². The molecule has 1 aromatic carbocycles. The number of benzene rings is 1. The van der Waals surface area contributed by atoms with E-state index >= 15 is 0 Å². The summed E-state index contributed by atoms with van der Waals surface area (Å²) in [4.78, 5) is 4.12. The first-order valence-corrected chi connectivity index (χ1v) is 6.01. The van der Waals surface area contributed by atoms with E-state index in [1.54, 1.807) is 23.9 Å². The predicted octanol–water partition coefficient (Wildman–Crippen LogP) is 4.09. The lowest BCUT2D eigenvalue weighted by atomic mass is 9.92. The van der Waals surface area contributed by atoms with Crippen molar-refractivity contribution in [3.05, 3.63) is 29.6 Å². The summed E-state index contributed by atoms with van der Waals surface area (Å²) >= 11 is 0. The second-order valence-electron chi connectivity index (χ2n) is 4.91. The van der Waals surface area contributed by atoms with Gasteiger partial charge in [0, 0.05) is 6.04 Å². The number of nitrogens with zero attached hydrogens (tertiary/aromatic N) is 2. The average molecular weight is 254 g/mol. The molecule has 1 heterocycles. The largest absolute Gasteiger partial charge is 0.418 e. The second kappa shape index (κ2) is 3.73. The molecule has 1 saturated carbocycles. The molecule has 2 nitrogen and oxygen atoms in total. The first-order valence-electron chi connectivity index (χ1n) is 6.01. The standard InChI is InChI=1S/C13H13F3N2/c1-8-5-10(13(14,15)16)12-11(6-8)17-7-18(12)9-3-2-4-9/h5-7,9H,2-4H2,1H3. The van der Waals surface area contributed by atoms with Gasteiger partial charge in [-0.2, -0.15) is 13.2 Å². The highest BCUT2D eigenvalue weighted by Gasteiger charge is 2.35. The zero-order chi connectivity index (χ0) is 12.9. The molecular weight excluding hydrogens is 241 g/mol. The van der Waals surface area contributed by atoms with Crippen LogP contribution in [0.15, 0.2) is 18.5 Å². The van der Waals surface area contributed by atoms with E-state index in [2.05, 4.69) is 4.98 Å². The number of aromatic nitrogens is 2. The summed E-state index contributed by atoms with van der Waals surface area (Å²) in [6.07, 6.45) is 0.180. The second-order valence-corrected chi connectivity index (χ2v) is 4.91. The van der Waals surface area contributed by atoms with Crippen LogP contribution in [0.2, 0.25) is 0 Å². The van der Waals surface area contributed by atoms with Crippen LogP contribution in [0, 0.1) is 6.92 Å². The van der Waals surface area contributed by atoms with E-state index in [-0.39, 0.29) is 11.6 Å². The van der Waals surface area contributed by atoms with Crippen LogP contribution in [-0.2, 0) is 6.18 Å². The van der Waals surface area contributed by atoms with Crippen LogP contribution in [0.1, 0.15) is 36.4 Å². The molecule has 0 saturated heterocycles. The van der Waals surface area contributed by atoms with Crippen LogP contribution in [-0.4, -0.2) is 9.55 Å². The highest BCUT2D eigenvalue weighted by Crippen LogP contribution is 2.39. The summed E-state index contributed by atoms with van der Waals surface area (Å²) in [5, 5.41) is 0. The fraction of sp³-hybridized carbons (Fsp3) is 0.462. The number of aryl methyl sites for hydroxylation is 1. The molecule has 0 amide bonds. The summed E-state index contributed by atoms with van der Waals surface area (Å²) in [6.45, 7) is 1.66. The lowest BCUT2D eigenvalue weighted by molar-refractivity contribution is -0.136. The SMILES string of the molecule is Cc1cc(C(F)(F)F)c2c(c1)ncn2C1CCC1. The fourth-order valence-corrected chi connectivity index (χ4v) is 2.47. The topological polar surface area (TPSA) is 17.8 Å². The molecule has 5 heteroatoms. The van der Waals surface area contributed by atoms with E-state index in [9.17, 15) is 13.2 Å². The van der Waals surface area contributed by atoms with Crippen LogP contribution >= 0.6 is 0 Å². The van der Waals surface area contributed by atoms with Gasteiger partial charge in [-0.3, -0.25) is 0 Å². The number of rotatable bonds is 1. The lowest BCUT2D eigenvalue weighted by Gasteiger charge is -2.28. The molecule has 3 rings (SSSR count). The minimum atomic E-state index is -4.33. The number of imidazole rings is 1. The molecule has 0 aliphatic heterocycles. The predicted molar refractivity (Wildman–Crippen MR) is 62.4 cm³/mol. The Balaban J connectivity index is 2.27. The van der Waals surface area contributed by atoms with Crippen LogP contribution < -0.4 is 0 Å². The number of halogens is 3. The van der Waals surface area contributed by atoms with Gasteiger partial charge in [-0.05, 0) is 43.9 Å². The van der Waals surface area contributed by atoms with Gasteiger partial charge in [-0.15, -0.1) is 0 Å². The molecule has 0 radical (unpaired) electrons. The van der Waals surface area contributed by atoms with Gasteiger partial charge in [0.15, 0.2) is 0 Å². The molecule has 1 aliphatic rings. The molecule has 0 spiro atoms. The van der Waals surface area contributed by atoms with Crippen molar-refractivity contribution in [3.8, 4) is 0 Å². The van der Waals surface area contributed by atoms with Crippen molar-refractivity contribution in [2.45, 2.75) is 38.4 Å². The fourth-order valence-electron chi connectivity index (χ4n) is 2.47. The third kappa shape index (κ3) is 1.69. The van der Waals surface area contributed by atoms with Gasteiger partial charge in [-0.1, -0.05) is 0 Å². The van der Waals surface area contributed by atoms with E-state index in [4.69, 9.17) is 0 Å². The number of fused-ring (bicyclic) bond motifs is 1. The average Bonchev–Trinajstić information content (AvgIpc) is 2.56. The van der Waals surface area contributed by atoms with E-state index in [0.29, 0.717) is 11.1 Å². The lowest BCUT2D eigenvalue weighted by Crippen LogP contribution is -2.18. The summed E-state index contributed by atoms with van der Waals surface area (Å²) in [6, 6.07) is 3.10. The Kier molecular flexibility index (Phi) is 2.40.